The molecule has 0 spiro atoms. The number of benzene rings is 2. The quantitative estimate of drug-likeness (QED) is 0.512. The monoisotopic (exact) mass is 394 g/mol. The molecule has 1 heterocycles. The van der Waals surface area contributed by atoms with E-state index in [0.717, 1.165) is 30.2 Å². The molecule has 0 bridgehead atoms. The van der Waals surface area contributed by atoms with Crippen molar-refractivity contribution in [2.45, 2.75) is 0 Å². The average molecular weight is 396 g/mol. The van der Waals surface area contributed by atoms with E-state index in [1.54, 1.807) is 0 Å². The Morgan fingerprint density at radius 3 is 2.32 bits per heavy atom. The lowest BCUT2D eigenvalue weighted by Gasteiger charge is -2.06. The third-order valence-corrected chi connectivity index (χ3v) is 5.47. The fourth-order valence-corrected chi connectivity index (χ4v) is 4.02. The number of ketones is 1. The van der Waals surface area contributed by atoms with E-state index in [1.807, 2.05) is 47.8 Å². The zero-order valence-corrected chi connectivity index (χ0v) is 13.7. The molecular weight excluding hydrogens is 388 g/mol. The number of carbonyl (C=O) groups excluding carboxylic acids is 1. The van der Waals surface area contributed by atoms with Gasteiger partial charge in [-0.15, -0.1) is 11.3 Å². The van der Waals surface area contributed by atoms with Gasteiger partial charge in [0.25, 0.3) is 0 Å². The molecule has 3 aromatic rings. The molecule has 3 rings (SSSR count). The minimum Gasteiger partial charge on any atom is -0.288 e. The maximum Gasteiger partial charge on any atom is 0.204 e. The zero-order valence-electron chi connectivity index (χ0n) is 9.69. The second-order valence-electron chi connectivity index (χ2n) is 4.07. The SMILES string of the molecule is O=C(c1sccc1Br)c1ccc(Br)c2ccccc12. The van der Waals surface area contributed by atoms with Gasteiger partial charge in [0, 0.05) is 14.5 Å². The molecular formula is C15H8Br2OS. The Labute approximate surface area is 131 Å². The van der Waals surface area contributed by atoms with E-state index in [4.69, 9.17) is 0 Å². The lowest BCUT2D eigenvalue weighted by atomic mass is 10.0. The van der Waals surface area contributed by atoms with Crippen LogP contribution >= 0.6 is 43.2 Å². The van der Waals surface area contributed by atoms with E-state index in [9.17, 15) is 4.79 Å². The topological polar surface area (TPSA) is 17.1 Å². The number of hydrogen-bond acceptors (Lipinski definition) is 2. The molecule has 0 saturated carbocycles. The Kier molecular flexibility index (Phi) is 3.56. The van der Waals surface area contributed by atoms with Crippen molar-refractivity contribution in [1.82, 2.24) is 0 Å². The number of rotatable bonds is 2. The molecule has 0 aliphatic carbocycles. The van der Waals surface area contributed by atoms with Crippen LogP contribution in [0.5, 0.6) is 0 Å². The van der Waals surface area contributed by atoms with Crippen molar-refractivity contribution < 1.29 is 4.79 Å². The Morgan fingerprint density at radius 2 is 1.63 bits per heavy atom. The van der Waals surface area contributed by atoms with Crippen LogP contribution in [-0.4, -0.2) is 5.78 Å². The lowest BCUT2D eigenvalue weighted by molar-refractivity contribution is 0.104. The predicted octanol–water partition coefficient (Wildman–Crippen LogP) is 5.66. The van der Waals surface area contributed by atoms with Crippen molar-refractivity contribution in [3.8, 4) is 0 Å². The highest BCUT2D eigenvalue weighted by Crippen LogP contribution is 2.31. The molecule has 0 N–H and O–H groups in total. The van der Waals surface area contributed by atoms with Gasteiger partial charge < -0.3 is 0 Å². The maximum atomic E-state index is 12.6. The summed E-state index contributed by atoms with van der Waals surface area (Å²) in [5.74, 6) is 0.0607. The first-order valence-electron chi connectivity index (χ1n) is 5.63. The van der Waals surface area contributed by atoms with Crippen LogP contribution in [-0.2, 0) is 0 Å². The summed E-state index contributed by atoms with van der Waals surface area (Å²) in [6, 6.07) is 13.6. The maximum absolute atomic E-state index is 12.6. The molecule has 19 heavy (non-hydrogen) atoms. The summed E-state index contributed by atoms with van der Waals surface area (Å²) in [5.41, 5.74) is 0.738. The standard InChI is InChI=1S/C15H8Br2OS/c16-12-6-5-11(9-3-1-2-4-10(9)12)14(18)15-13(17)7-8-19-15/h1-8H. The third-order valence-electron chi connectivity index (χ3n) is 2.94. The number of hydrogen-bond donors (Lipinski definition) is 0. The molecule has 0 atom stereocenters. The molecule has 0 amide bonds. The van der Waals surface area contributed by atoms with Crippen LogP contribution in [0.3, 0.4) is 0 Å². The zero-order chi connectivity index (χ0) is 13.4. The Balaban J connectivity index is 2.24. The van der Waals surface area contributed by atoms with Crippen LogP contribution in [0.1, 0.15) is 15.2 Å². The Bertz CT molecular complexity index is 777. The van der Waals surface area contributed by atoms with Crippen molar-refractivity contribution in [3.05, 3.63) is 67.2 Å². The van der Waals surface area contributed by atoms with Crippen LogP contribution in [0, 0.1) is 0 Å². The van der Waals surface area contributed by atoms with Crippen LogP contribution in [0.2, 0.25) is 0 Å². The molecule has 1 aromatic heterocycles. The smallest absolute Gasteiger partial charge is 0.204 e. The molecule has 0 fully saturated rings. The molecule has 4 heteroatoms. The summed E-state index contributed by atoms with van der Waals surface area (Å²) in [6.07, 6.45) is 0. The Hall–Kier alpha value is -0.970. The Morgan fingerprint density at radius 1 is 0.895 bits per heavy atom. The van der Waals surface area contributed by atoms with Crippen LogP contribution in [0.15, 0.2) is 56.8 Å². The van der Waals surface area contributed by atoms with Crippen molar-refractivity contribution in [1.29, 1.82) is 0 Å². The van der Waals surface area contributed by atoms with Crippen molar-refractivity contribution in [2.24, 2.45) is 0 Å². The highest BCUT2D eigenvalue weighted by molar-refractivity contribution is 9.11. The second kappa shape index (κ2) is 5.19. The van der Waals surface area contributed by atoms with E-state index < -0.39 is 0 Å². The summed E-state index contributed by atoms with van der Waals surface area (Å²) in [7, 11) is 0. The molecule has 0 aliphatic heterocycles. The van der Waals surface area contributed by atoms with Crippen molar-refractivity contribution in [2.75, 3.05) is 0 Å². The normalized spacial score (nSPS) is 10.8. The lowest BCUT2D eigenvalue weighted by Crippen LogP contribution is -2.00. The second-order valence-corrected chi connectivity index (χ2v) is 6.69. The van der Waals surface area contributed by atoms with Crippen molar-refractivity contribution >= 4 is 59.8 Å². The van der Waals surface area contributed by atoms with Gasteiger partial charge in [-0.1, -0.05) is 40.2 Å². The first-order valence-corrected chi connectivity index (χ1v) is 8.10. The number of fused-ring (bicyclic) bond motifs is 1. The number of thiophene rings is 1. The average Bonchev–Trinajstić information content (AvgIpc) is 2.85. The molecule has 2 aromatic carbocycles. The minimum absolute atomic E-state index is 0.0607. The van der Waals surface area contributed by atoms with E-state index in [0.29, 0.717) is 0 Å². The molecule has 1 nitrogen and oxygen atoms in total. The van der Waals surface area contributed by atoms with Gasteiger partial charge in [0.2, 0.25) is 5.78 Å². The van der Waals surface area contributed by atoms with Gasteiger partial charge >= 0.3 is 0 Å². The van der Waals surface area contributed by atoms with Gasteiger partial charge in [0.15, 0.2) is 0 Å². The largest absolute Gasteiger partial charge is 0.288 e. The molecule has 0 saturated heterocycles. The highest BCUT2D eigenvalue weighted by atomic mass is 79.9. The van der Waals surface area contributed by atoms with Crippen LogP contribution in [0.4, 0.5) is 0 Å². The fourth-order valence-electron chi connectivity index (χ4n) is 2.04. The van der Waals surface area contributed by atoms with Crippen LogP contribution < -0.4 is 0 Å². The van der Waals surface area contributed by atoms with Gasteiger partial charge in [-0.2, -0.15) is 0 Å². The van der Waals surface area contributed by atoms with E-state index >= 15 is 0 Å². The van der Waals surface area contributed by atoms with Gasteiger partial charge in [0.05, 0.1) is 4.88 Å². The summed E-state index contributed by atoms with van der Waals surface area (Å²) >= 11 is 8.41. The fraction of sp³-hybridized carbons (Fsp3) is 0. The number of halogens is 2. The third kappa shape index (κ3) is 2.29. The predicted molar refractivity (Wildman–Crippen MR) is 87.1 cm³/mol. The summed E-state index contributed by atoms with van der Waals surface area (Å²) < 4.78 is 1.86. The molecule has 0 radical (unpaired) electrons. The van der Waals surface area contributed by atoms with E-state index in [1.165, 1.54) is 11.3 Å². The molecule has 0 unspecified atom stereocenters. The van der Waals surface area contributed by atoms with Gasteiger partial charge in [0.1, 0.15) is 0 Å². The van der Waals surface area contributed by atoms with Gasteiger partial charge in [-0.3, -0.25) is 4.79 Å². The first kappa shape index (κ1) is 13.0. The summed E-state index contributed by atoms with van der Waals surface area (Å²) in [4.78, 5) is 13.4. The summed E-state index contributed by atoms with van der Waals surface area (Å²) in [6.45, 7) is 0. The van der Waals surface area contributed by atoms with Gasteiger partial charge in [-0.25, -0.2) is 0 Å². The highest BCUT2D eigenvalue weighted by Gasteiger charge is 2.17. The minimum atomic E-state index is 0.0607. The van der Waals surface area contributed by atoms with Crippen molar-refractivity contribution in [3.63, 3.8) is 0 Å². The summed E-state index contributed by atoms with van der Waals surface area (Å²) in [5, 5.41) is 3.95. The number of carbonyl (C=O) groups is 1. The van der Waals surface area contributed by atoms with E-state index in [-0.39, 0.29) is 5.78 Å². The van der Waals surface area contributed by atoms with Crippen LogP contribution in [0.25, 0.3) is 10.8 Å². The molecule has 0 aliphatic rings. The van der Waals surface area contributed by atoms with E-state index in [2.05, 4.69) is 31.9 Å². The first-order chi connectivity index (χ1) is 9.18. The molecule has 94 valence electrons. The van der Waals surface area contributed by atoms with Gasteiger partial charge in [-0.05, 0) is 50.3 Å².